The van der Waals surface area contributed by atoms with Gasteiger partial charge in [0, 0.05) is 22.9 Å². The number of pyridine rings is 1. The van der Waals surface area contributed by atoms with Gasteiger partial charge in [-0.2, -0.15) is 0 Å². The van der Waals surface area contributed by atoms with Gasteiger partial charge in [-0.1, -0.05) is 5.76 Å². The molecule has 1 aliphatic heterocycles. The Bertz CT molecular complexity index is 1280. The van der Waals surface area contributed by atoms with Gasteiger partial charge in [0.2, 0.25) is 5.78 Å². The Hall–Kier alpha value is -4.14. The second kappa shape index (κ2) is 8.42. The van der Waals surface area contributed by atoms with Crippen LogP contribution in [-0.4, -0.2) is 34.7 Å². The van der Waals surface area contributed by atoms with Gasteiger partial charge in [0.25, 0.3) is 5.91 Å². The fourth-order valence-electron chi connectivity index (χ4n) is 4.19. The molecule has 1 saturated heterocycles. The predicted octanol–water partition coefficient (Wildman–Crippen LogP) is 1.56. The van der Waals surface area contributed by atoms with Crippen molar-refractivity contribution >= 4 is 23.4 Å². The maximum absolute atomic E-state index is 13.7. The second-order valence-corrected chi connectivity index (χ2v) is 7.88. The number of ether oxygens (including phenoxy) is 1. The average Bonchev–Trinajstić information content (AvgIpc) is 3.43. The number of hydrogen-bond donors (Lipinski definition) is 1. The van der Waals surface area contributed by atoms with Crippen LogP contribution in [0.15, 0.2) is 46.6 Å². The van der Waals surface area contributed by atoms with Crippen molar-refractivity contribution in [2.45, 2.75) is 33.4 Å². The standard InChI is InChI=1S/C24H23N3O6/c1-12-7-8-16(33-12)20-18(21(28)17-13(2)19(24(31)32-4)26-14(17)3)22(29)23(30)27(20)11-15-6-5-9-25-10-15/h5-10,20,26,28H,11H2,1-4H3. The largest absolute Gasteiger partial charge is 0.872 e. The molecule has 0 spiro atoms. The molecule has 1 unspecified atom stereocenters. The number of furan rings is 1. The number of carbonyl (C=O) groups excluding carboxylic acids is 3. The number of aromatic nitrogens is 2. The Morgan fingerprint density at radius 1 is 1.24 bits per heavy atom. The first kappa shape index (κ1) is 22.1. The molecule has 0 aliphatic carbocycles. The molecule has 2 N–H and O–H groups in total. The summed E-state index contributed by atoms with van der Waals surface area (Å²) in [5, 5.41) is 13.7. The van der Waals surface area contributed by atoms with Crippen molar-refractivity contribution in [1.82, 2.24) is 9.88 Å². The van der Waals surface area contributed by atoms with Crippen molar-refractivity contribution in [3.05, 3.63) is 81.8 Å². The van der Waals surface area contributed by atoms with Gasteiger partial charge in [0.1, 0.15) is 23.3 Å². The summed E-state index contributed by atoms with van der Waals surface area (Å²) in [7, 11) is 1.24. The molecule has 9 nitrogen and oxygen atoms in total. The molecule has 4 rings (SSSR count). The maximum atomic E-state index is 13.7. The lowest BCUT2D eigenvalue weighted by atomic mass is 9.97. The van der Waals surface area contributed by atoms with E-state index in [0.717, 1.165) is 5.56 Å². The number of Topliss-reactive ketones (excluding diaryl/α,β-unsaturated/α-hetero) is 1. The SMILES string of the molecule is COC(=O)c1[nH]c(C)c(C([O-])=C2C(=O)C(=O)N(Cc3ccc[nH+]c3)C2c2ccc(C)o2)c1C. The van der Waals surface area contributed by atoms with Crippen molar-refractivity contribution in [3.8, 4) is 0 Å². The smallest absolute Gasteiger partial charge is 0.354 e. The van der Waals surface area contributed by atoms with E-state index in [1.807, 2.05) is 6.07 Å². The Morgan fingerprint density at radius 3 is 2.61 bits per heavy atom. The highest BCUT2D eigenvalue weighted by Gasteiger charge is 2.46. The number of amides is 1. The lowest BCUT2D eigenvalue weighted by Crippen LogP contribution is -2.29. The van der Waals surface area contributed by atoms with E-state index in [9.17, 15) is 19.5 Å². The highest BCUT2D eigenvalue weighted by Crippen LogP contribution is 2.41. The van der Waals surface area contributed by atoms with Crippen molar-refractivity contribution < 1.29 is 33.6 Å². The number of nitrogens with one attached hydrogen (secondary N) is 2. The van der Waals surface area contributed by atoms with E-state index < -0.39 is 29.5 Å². The first-order valence-electron chi connectivity index (χ1n) is 10.3. The van der Waals surface area contributed by atoms with Gasteiger partial charge in [0.05, 0.1) is 13.7 Å². The molecule has 170 valence electrons. The second-order valence-electron chi connectivity index (χ2n) is 7.88. The van der Waals surface area contributed by atoms with E-state index in [1.54, 1.807) is 51.4 Å². The Kier molecular flexibility index (Phi) is 5.63. The fourth-order valence-corrected chi connectivity index (χ4v) is 4.19. The lowest BCUT2D eigenvalue weighted by molar-refractivity contribution is -0.378. The molecular formula is C24H23N3O6. The van der Waals surface area contributed by atoms with E-state index >= 15 is 0 Å². The highest BCUT2D eigenvalue weighted by atomic mass is 16.5. The summed E-state index contributed by atoms with van der Waals surface area (Å²) in [5.74, 6) is -2.05. The average molecular weight is 449 g/mol. The predicted molar refractivity (Wildman–Crippen MR) is 113 cm³/mol. The van der Waals surface area contributed by atoms with Gasteiger partial charge in [-0.3, -0.25) is 9.59 Å². The van der Waals surface area contributed by atoms with Gasteiger partial charge in [-0.25, -0.2) is 9.78 Å². The number of hydrogen-bond acceptors (Lipinski definition) is 6. The summed E-state index contributed by atoms with van der Waals surface area (Å²) in [6, 6.07) is 5.95. The maximum Gasteiger partial charge on any atom is 0.354 e. The monoisotopic (exact) mass is 449 g/mol. The zero-order chi connectivity index (χ0) is 23.9. The Balaban J connectivity index is 1.90. The number of esters is 1. The van der Waals surface area contributed by atoms with E-state index in [2.05, 4.69) is 9.97 Å². The zero-order valence-electron chi connectivity index (χ0n) is 18.6. The molecule has 1 atom stereocenters. The van der Waals surface area contributed by atoms with Crippen LogP contribution in [0.1, 0.15) is 50.4 Å². The summed E-state index contributed by atoms with van der Waals surface area (Å²) in [5.41, 5.74) is 1.57. The van der Waals surface area contributed by atoms with Crippen LogP contribution < -0.4 is 10.1 Å². The highest BCUT2D eigenvalue weighted by molar-refractivity contribution is 6.46. The quantitative estimate of drug-likeness (QED) is 0.272. The number of rotatable bonds is 5. The van der Waals surface area contributed by atoms with E-state index in [1.165, 1.54) is 12.0 Å². The van der Waals surface area contributed by atoms with Gasteiger partial charge < -0.3 is 24.1 Å². The van der Waals surface area contributed by atoms with Crippen LogP contribution in [0.3, 0.4) is 0 Å². The van der Waals surface area contributed by atoms with E-state index in [4.69, 9.17) is 9.15 Å². The molecule has 0 radical (unpaired) electrons. The van der Waals surface area contributed by atoms with Crippen molar-refractivity contribution in [2.24, 2.45) is 0 Å². The summed E-state index contributed by atoms with van der Waals surface area (Å²) < 4.78 is 10.5. The third-order valence-electron chi connectivity index (χ3n) is 5.74. The van der Waals surface area contributed by atoms with Crippen molar-refractivity contribution in [3.63, 3.8) is 0 Å². The molecular weight excluding hydrogens is 426 g/mol. The summed E-state index contributed by atoms with van der Waals surface area (Å²) in [4.78, 5) is 45.4. The van der Waals surface area contributed by atoms with E-state index in [0.29, 0.717) is 22.8 Å². The van der Waals surface area contributed by atoms with Crippen LogP contribution in [0.25, 0.3) is 5.76 Å². The molecule has 4 heterocycles. The van der Waals surface area contributed by atoms with Gasteiger partial charge >= 0.3 is 5.97 Å². The molecule has 0 aromatic carbocycles. The van der Waals surface area contributed by atoms with Gasteiger partial charge in [-0.15, -0.1) is 0 Å². The lowest BCUT2D eigenvalue weighted by Gasteiger charge is -2.25. The Morgan fingerprint density at radius 2 is 2.00 bits per heavy atom. The number of aryl methyl sites for hydroxylation is 2. The topological polar surface area (TPSA) is 130 Å². The summed E-state index contributed by atoms with van der Waals surface area (Å²) >= 11 is 0. The Labute approximate surface area is 189 Å². The minimum atomic E-state index is -0.998. The molecule has 3 aromatic heterocycles. The normalized spacial score (nSPS) is 17.6. The third kappa shape index (κ3) is 3.71. The van der Waals surface area contributed by atoms with Crippen LogP contribution >= 0.6 is 0 Å². The zero-order valence-corrected chi connectivity index (χ0v) is 18.6. The van der Waals surface area contributed by atoms with Crippen LogP contribution in [0.4, 0.5) is 0 Å². The minimum absolute atomic E-state index is 0.0988. The summed E-state index contributed by atoms with van der Waals surface area (Å²) in [6.07, 6.45) is 3.44. The van der Waals surface area contributed by atoms with Gasteiger partial charge in [-0.05, 0) is 50.1 Å². The number of H-pyrrole nitrogens is 2. The van der Waals surface area contributed by atoms with Crippen LogP contribution in [-0.2, 0) is 20.9 Å². The first-order valence-corrected chi connectivity index (χ1v) is 10.3. The molecule has 0 bridgehead atoms. The van der Waals surface area contributed by atoms with Crippen LogP contribution in [0, 0.1) is 20.8 Å². The molecule has 3 aromatic rings. The number of aromatic amines is 2. The van der Waals surface area contributed by atoms with Crippen molar-refractivity contribution in [1.29, 1.82) is 0 Å². The molecule has 0 saturated carbocycles. The number of likely N-dealkylation sites (tertiary alicyclic amines) is 1. The number of ketones is 1. The van der Waals surface area contributed by atoms with Gasteiger partial charge in [0.15, 0.2) is 12.4 Å². The van der Waals surface area contributed by atoms with Crippen LogP contribution in [0.5, 0.6) is 0 Å². The number of nitrogens with zero attached hydrogens (tertiary/aromatic N) is 1. The molecule has 9 heteroatoms. The van der Waals surface area contributed by atoms with Crippen LogP contribution in [0.2, 0.25) is 0 Å². The summed E-state index contributed by atoms with van der Waals surface area (Å²) in [6.45, 7) is 5.05. The number of carbonyl (C=O) groups is 3. The van der Waals surface area contributed by atoms with Crippen molar-refractivity contribution in [2.75, 3.05) is 7.11 Å². The molecule has 1 aliphatic rings. The number of methoxy groups -OCH3 is 1. The van der Waals surface area contributed by atoms with E-state index in [-0.39, 0.29) is 23.4 Å². The third-order valence-corrected chi connectivity index (χ3v) is 5.74. The minimum Gasteiger partial charge on any atom is -0.872 e. The fraction of sp³-hybridized carbons (Fsp3) is 0.250. The first-order chi connectivity index (χ1) is 15.7. The molecule has 33 heavy (non-hydrogen) atoms. The molecule has 1 fully saturated rings. The molecule has 1 amide bonds.